The lowest BCUT2D eigenvalue weighted by Gasteiger charge is -2.00. The van der Waals surface area contributed by atoms with Crippen LogP contribution in [0.4, 0.5) is 0 Å². The molecule has 0 fully saturated rings. The van der Waals surface area contributed by atoms with Gasteiger partial charge >= 0.3 is 5.97 Å². The highest BCUT2D eigenvalue weighted by molar-refractivity contribution is 5.94. The van der Waals surface area contributed by atoms with E-state index >= 15 is 0 Å². The lowest BCUT2D eigenvalue weighted by Crippen LogP contribution is -2.01. The second-order valence-corrected chi connectivity index (χ2v) is 3.04. The van der Waals surface area contributed by atoms with E-state index in [0.29, 0.717) is 0 Å². The van der Waals surface area contributed by atoms with Gasteiger partial charge < -0.3 is 4.74 Å². The Balaban J connectivity index is 2.38. The third-order valence-corrected chi connectivity index (χ3v) is 1.68. The van der Waals surface area contributed by atoms with E-state index in [0.717, 1.165) is 11.6 Å². The van der Waals surface area contributed by atoms with Crippen molar-refractivity contribution in [2.75, 3.05) is 0 Å². The van der Waals surface area contributed by atoms with E-state index < -0.39 is 5.97 Å². The SMILES string of the molecule is C[13C](=O)/[13CH]=C/C(=O)OCc1ccccc1. The highest BCUT2D eigenvalue weighted by Gasteiger charge is 1.98. The van der Waals surface area contributed by atoms with Crippen LogP contribution in [0.25, 0.3) is 0 Å². The molecule has 1 aromatic carbocycles. The topological polar surface area (TPSA) is 43.4 Å². The van der Waals surface area contributed by atoms with Crippen LogP contribution in [0.5, 0.6) is 0 Å². The summed E-state index contributed by atoms with van der Waals surface area (Å²) >= 11 is 0. The molecule has 0 saturated carbocycles. The first-order valence-corrected chi connectivity index (χ1v) is 4.58. The highest BCUT2D eigenvalue weighted by atomic mass is 16.5. The molecular formula is C12H12O3. The smallest absolute Gasteiger partial charge is 0.331 e. The minimum atomic E-state index is -0.506. The maximum absolute atomic E-state index is 11.1. The molecule has 0 amide bonds. The zero-order valence-electron chi connectivity index (χ0n) is 8.47. The molecule has 0 radical (unpaired) electrons. The van der Waals surface area contributed by atoms with Crippen LogP contribution in [0.3, 0.4) is 0 Å². The summed E-state index contributed by atoms with van der Waals surface area (Å²) in [6.07, 6.45) is 2.32. The molecule has 78 valence electrons. The fourth-order valence-corrected chi connectivity index (χ4v) is 0.962. The van der Waals surface area contributed by atoms with Crippen LogP contribution >= 0.6 is 0 Å². The molecule has 0 atom stereocenters. The van der Waals surface area contributed by atoms with E-state index in [1.807, 2.05) is 30.3 Å². The zero-order chi connectivity index (χ0) is 11.1. The summed E-state index contributed by atoms with van der Waals surface area (Å²) in [5.74, 6) is -0.680. The number of esters is 1. The van der Waals surface area contributed by atoms with Crippen LogP contribution in [0.2, 0.25) is 0 Å². The summed E-state index contributed by atoms with van der Waals surface area (Å²) in [4.78, 5) is 21.6. The number of ketones is 1. The predicted molar refractivity (Wildman–Crippen MR) is 56.1 cm³/mol. The van der Waals surface area contributed by atoms with E-state index in [2.05, 4.69) is 0 Å². The van der Waals surface area contributed by atoms with Gasteiger partial charge in [-0.3, -0.25) is 4.79 Å². The van der Waals surface area contributed by atoms with Crippen molar-refractivity contribution in [2.24, 2.45) is 0 Å². The summed E-state index contributed by atoms with van der Waals surface area (Å²) in [7, 11) is 0. The Hall–Kier alpha value is -1.90. The molecule has 15 heavy (non-hydrogen) atoms. The van der Waals surface area contributed by atoms with E-state index in [4.69, 9.17) is 4.74 Å². The molecule has 1 rings (SSSR count). The summed E-state index contributed by atoms with van der Waals surface area (Å²) in [5.41, 5.74) is 0.919. The number of hydrogen-bond donors (Lipinski definition) is 0. The lowest BCUT2D eigenvalue weighted by atomic mass is 10.2. The molecule has 3 nitrogen and oxygen atoms in total. The Kier molecular flexibility index (Phi) is 4.29. The quantitative estimate of drug-likeness (QED) is 0.429. The van der Waals surface area contributed by atoms with Crippen LogP contribution < -0.4 is 0 Å². The van der Waals surface area contributed by atoms with E-state index in [1.54, 1.807) is 0 Å². The second-order valence-electron chi connectivity index (χ2n) is 3.04. The van der Waals surface area contributed by atoms with Gasteiger partial charge in [0, 0.05) is 6.08 Å². The average molecular weight is 206 g/mol. The standard InChI is InChI=1S/C12H12O3/c1-10(13)7-8-12(14)15-9-11-5-3-2-4-6-11/h2-8H,9H2,1H3/b8-7+/i7+1,10+1. The zero-order valence-corrected chi connectivity index (χ0v) is 8.47. The van der Waals surface area contributed by atoms with Crippen molar-refractivity contribution in [1.29, 1.82) is 0 Å². The monoisotopic (exact) mass is 206 g/mol. The van der Waals surface area contributed by atoms with Crippen LogP contribution in [-0.2, 0) is 20.9 Å². The van der Waals surface area contributed by atoms with E-state index in [9.17, 15) is 9.59 Å². The predicted octanol–water partition coefficient (Wildman–Crippen LogP) is 1.87. The summed E-state index contributed by atoms with van der Waals surface area (Å²) in [6.45, 7) is 1.60. The van der Waals surface area contributed by atoms with Crippen molar-refractivity contribution in [3.8, 4) is 0 Å². The number of benzene rings is 1. The molecule has 0 aliphatic carbocycles. The van der Waals surface area contributed by atoms with Crippen molar-refractivity contribution >= 4 is 11.8 Å². The maximum atomic E-state index is 11.1. The Labute approximate surface area is 88.4 Å². The van der Waals surface area contributed by atoms with Gasteiger partial charge in [-0.05, 0) is 18.6 Å². The Morgan fingerprint density at radius 3 is 2.47 bits per heavy atom. The first-order chi connectivity index (χ1) is 7.18. The second kappa shape index (κ2) is 5.75. The molecule has 0 aliphatic rings. The van der Waals surface area contributed by atoms with Gasteiger partial charge in [-0.1, -0.05) is 30.3 Å². The molecule has 0 heterocycles. The van der Waals surface area contributed by atoms with Crippen molar-refractivity contribution in [2.45, 2.75) is 13.5 Å². The molecule has 0 N–H and O–H groups in total. The molecule has 0 spiro atoms. The van der Waals surface area contributed by atoms with Crippen molar-refractivity contribution < 1.29 is 14.3 Å². The van der Waals surface area contributed by atoms with Crippen LogP contribution in [-0.4, -0.2) is 11.8 Å². The fraction of sp³-hybridized carbons (Fsp3) is 0.167. The first-order valence-electron chi connectivity index (χ1n) is 4.58. The normalized spacial score (nSPS) is 10.2. The van der Waals surface area contributed by atoms with Gasteiger partial charge in [0.05, 0.1) is 0 Å². The molecule has 3 heteroatoms. The number of carbonyl (C=O) groups is 2. The third kappa shape index (κ3) is 4.76. The van der Waals surface area contributed by atoms with Gasteiger partial charge in [-0.15, -0.1) is 0 Å². The fourth-order valence-electron chi connectivity index (χ4n) is 0.962. The summed E-state index contributed by atoms with van der Waals surface area (Å²) in [5, 5.41) is 0. The van der Waals surface area contributed by atoms with Crippen LogP contribution in [0.15, 0.2) is 42.5 Å². The van der Waals surface area contributed by atoms with Crippen LogP contribution in [0, 0.1) is 0 Å². The lowest BCUT2D eigenvalue weighted by molar-refractivity contribution is -0.139. The van der Waals surface area contributed by atoms with Crippen molar-refractivity contribution in [3.63, 3.8) is 0 Å². The largest absolute Gasteiger partial charge is 0.458 e. The van der Waals surface area contributed by atoms with Gasteiger partial charge in [-0.25, -0.2) is 4.79 Å². The molecule has 0 aliphatic heterocycles. The first kappa shape index (κ1) is 11.2. The molecular weight excluding hydrogens is 194 g/mol. The number of ether oxygens (including phenoxy) is 1. The van der Waals surface area contributed by atoms with Gasteiger partial charge in [0.15, 0.2) is 5.78 Å². The van der Waals surface area contributed by atoms with Crippen molar-refractivity contribution in [3.05, 3.63) is 48.0 Å². The van der Waals surface area contributed by atoms with E-state index in [-0.39, 0.29) is 12.4 Å². The van der Waals surface area contributed by atoms with E-state index in [1.165, 1.54) is 13.0 Å². The molecule has 0 bridgehead atoms. The number of allylic oxidation sites excluding steroid dienone is 1. The molecule has 0 unspecified atom stereocenters. The number of hydrogen-bond acceptors (Lipinski definition) is 3. The van der Waals surface area contributed by atoms with Gasteiger partial charge in [0.25, 0.3) is 0 Å². The van der Waals surface area contributed by atoms with Crippen LogP contribution in [0.1, 0.15) is 12.5 Å². The van der Waals surface area contributed by atoms with Gasteiger partial charge in [0.1, 0.15) is 6.61 Å². The van der Waals surface area contributed by atoms with Gasteiger partial charge in [-0.2, -0.15) is 0 Å². The maximum Gasteiger partial charge on any atom is 0.331 e. The minimum Gasteiger partial charge on any atom is -0.458 e. The minimum absolute atomic E-state index is 0.174. The Morgan fingerprint density at radius 2 is 1.87 bits per heavy atom. The average Bonchev–Trinajstić information content (AvgIpc) is 2.25. The Bertz CT molecular complexity index is 366. The van der Waals surface area contributed by atoms with Gasteiger partial charge in [0.2, 0.25) is 0 Å². The molecule has 0 saturated heterocycles. The highest BCUT2D eigenvalue weighted by Crippen LogP contribution is 2.00. The number of rotatable bonds is 4. The summed E-state index contributed by atoms with van der Waals surface area (Å²) in [6, 6.07) is 9.36. The van der Waals surface area contributed by atoms with Crippen molar-refractivity contribution in [1.82, 2.24) is 0 Å². The third-order valence-electron chi connectivity index (χ3n) is 1.68. The molecule has 0 aromatic heterocycles. The Morgan fingerprint density at radius 1 is 1.20 bits per heavy atom. The molecule has 1 aromatic rings. The number of carbonyl (C=O) groups excluding carboxylic acids is 2. The summed E-state index contributed by atoms with van der Waals surface area (Å²) < 4.78 is 4.90.